The molecule has 0 aliphatic rings. The van der Waals surface area contributed by atoms with Gasteiger partial charge in [0.05, 0.1) is 7.11 Å². The second-order valence-corrected chi connectivity index (χ2v) is 7.61. The molecule has 34 heavy (non-hydrogen) atoms. The zero-order valence-electron chi connectivity index (χ0n) is 19.1. The van der Waals surface area contributed by atoms with Gasteiger partial charge < -0.3 is 14.8 Å². The number of anilines is 1. The fraction of sp³-hybridized carbons (Fsp3) is 0.143. The standard InChI is InChI=1S/C28H25FN2O3/c1-4-5-22-14-21(15-23(17-30)28(32)31-25-12-10-24(29)11-13-25)16-26(33-3)27(22)34-18-20-8-6-19(2)7-9-20/h4,6-16H,1,5,18H2,2-3H3,(H,31,32)/b23-15+. The Bertz CT molecular complexity index is 1240. The highest BCUT2D eigenvalue weighted by atomic mass is 19.1. The molecule has 0 aliphatic heterocycles. The molecule has 0 spiro atoms. The first-order valence-electron chi connectivity index (χ1n) is 10.6. The largest absolute Gasteiger partial charge is 0.493 e. The molecule has 0 atom stereocenters. The Morgan fingerprint density at radius 3 is 2.47 bits per heavy atom. The lowest BCUT2D eigenvalue weighted by molar-refractivity contribution is -0.112. The Morgan fingerprint density at radius 2 is 1.85 bits per heavy atom. The van der Waals surface area contributed by atoms with Crippen LogP contribution < -0.4 is 14.8 Å². The number of methoxy groups -OCH3 is 1. The van der Waals surface area contributed by atoms with Gasteiger partial charge in [0.2, 0.25) is 0 Å². The number of hydrogen-bond donors (Lipinski definition) is 1. The lowest BCUT2D eigenvalue weighted by atomic mass is 10.0. The predicted molar refractivity (Wildman–Crippen MR) is 131 cm³/mol. The van der Waals surface area contributed by atoms with Crippen LogP contribution in [0.4, 0.5) is 10.1 Å². The van der Waals surface area contributed by atoms with Crippen molar-refractivity contribution in [2.75, 3.05) is 12.4 Å². The summed E-state index contributed by atoms with van der Waals surface area (Å²) >= 11 is 0. The number of rotatable bonds is 9. The number of carbonyl (C=O) groups is 1. The van der Waals surface area contributed by atoms with Crippen molar-refractivity contribution >= 4 is 17.7 Å². The minimum absolute atomic E-state index is 0.107. The maximum Gasteiger partial charge on any atom is 0.266 e. The van der Waals surface area contributed by atoms with E-state index in [0.717, 1.165) is 11.1 Å². The Hall–Kier alpha value is -4.37. The first kappa shape index (κ1) is 24.3. The number of allylic oxidation sites excluding steroid dienone is 1. The van der Waals surface area contributed by atoms with E-state index in [-0.39, 0.29) is 5.57 Å². The van der Waals surface area contributed by atoms with Crippen LogP contribution in [-0.2, 0) is 17.8 Å². The predicted octanol–water partition coefficient (Wildman–Crippen LogP) is 6.00. The van der Waals surface area contributed by atoms with Crippen LogP contribution in [0.5, 0.6) is 11.5 Å². The highest BCUT2D eigenvalue weighted by molar-refractivity contribution is 6.09. The van der Waals surface area contributed by atoms with Crippen molar-refractivity contribution in [2.45, 2.75) is 20.0 Å². The minimum Gasteiger partial charge on any atom is -0.493 e. The highest BCUT2D eigenvalue weighted by Crippen LogP contribution is 2.35. The summed E-state index contributed by atoms with van der Waals surface area (Å²) in [6, 6.07) is 18.8. The van der Waals surface area contributed by atoms with E-state index >= 15 is 0 Å². The van der Waals surface area contributed by atoms with Crippen LogP contribution in [0, 0.1) is 24.1 Å². The molecule has 1 amide bonds. The number of amides is 1. The number of aryl methyl sites for hydroxylation is 1. The normalized spacial score (nSPS) is 10.8. The average molecular weight is 457 g/mol. The van der Waals surface area contributed by atoms with Crippen molar-refractivity contribution in [1.82, 2.24) is 0 Å². The summed E-state index contributed by atoms with van der Waals surface area (Å²) in [4.78, 5) is 12.6. The summed E-state index contributed by atoms with van der Waals surface area (Å²) in [7, 11) is 1.53. The van der Waals surface area contributed by atoms with Gasteiger partial charge in [-0.05, 0) is 66.9 Å². The molecule has 3 aromatic rings. The zero-order valence-corrected chi connectivity index (χ0v) is 19.1. The molecule has 1 N–H and O–H groups in total. The van der Waals surface area contributed by atoms with Gasteiger partial charge in [-0.3, -0.25) is 4.79 Å². The van der Waals surface area contributed by atoms with E-state index in [0.29, 0.717) is 35.8 Å². The van der Waals surface area contributed by atoms with Gasteiger partial charge in [-0.1, -0.05) is 35.9 Å². The van der Waals surface area contributed by atoms with E-state index in [9.17, 15) is 14.4 Å². The van der Waals surface area contributed by atoms with Gasteiger partial charge in [-0.15, -0.1) is 6.58 Å². The monoisotopic (exact) mass is 456 g/mol. The van der Waals surface area contributed by atoms with Gasteiger partial charge in [-0.25, -0.2) is 4.39 Å². The van der Waals surface area contributed by atoms with Crippen molar-refractivity contribution < 1.29 is 18.7 Å². The fourth-order valence-electron chi connectivity index (χ4n) is 3.28. The van der Waals surface area contributed by atoms with Crippen LogP contribution in [0.2, 0.25) is 0 Å². The summed E-state index contributed by atoms with van der Waals surface area (Å²) in [6.07, 6.45) is 3.72. The number of carbonyl (C=O) groups excluding carboxylic acids is 1. The van der Waals surface area contributed by atoms with Gasteiger partial charge in [-0.2, -0.15) is 5.26 Å². The lowest BCUT2D eigenvalue weighted by Gasteiger charge is -2.16. The van der Waals surface area contributed by atoms with Crippen LogP contribution in [0.3, 0.4) is 0 Å². The van der Waals surface area contributed by atoms with E-state index in [4.69, 9.17) is 9.47 Å². The third kappa shape index (κ3) is 6.33. The van der Waals surface area contributed by atoms with Crippen molar-refractivity contribution in [3.8, 4) is 17.6 Å². The number of benzene rings is 3. The SMILES string of the molecule is C=CCc1cc(/C=C(\C#N)C(=O)Nc2ccc(F)cc2)cc(OC)c1OCc1ccc(C)cc1. The third-order valence-electron chi connectivity index (χ3n) is 5.02. The maximum absolute atomic E-state index is 13.1. The first-order valence-corrected chi connectivity index (χ1v) is 10.6. The average Bonchev–Trinajstić information content (AvgIpc) is 2.84. The second-order valence-electron chi connectivity index (χ2n) is 7.61. The molecular formula is C28H25FN2O3. The molecule has 0 aliphatic carbocycles. The van der Waals surface area contributed by atoms with Gasteiger partial charge >= 0.3 is 0 Å². The van der Waals surface area contributed by atoms with Crippen molar-refractivity contribution in [2.24, 2.45) is 0 Å². The molecule has 0 bridgehead atoms. The molecule has 5 nitrogen and oxygen atoms in total. The zero-order chi connectivity index (χ0) is 24.5. The summed E-state index contributed by atoms with van der Waals surface area (Å²) < 4.78 is 24.7. The molecule has 0 aromatic heterocycles. The topological polar surface area (TPSA) is 71.4 Å². The summed E-state index contributed by atoms with van der Waals surface area (Å²) in [5.41, 5.74) is 3.87. The van der Waals surface area contributed by atoms with Crippen molar-refractivity contribution in [3.05, 3.63) is 107 Å². The number of nitriles is 1. The molecule has 3 rings (SSSR count). The molecule has 6 heteroatoms. The molecule has 0 radical (unpaired) electrons. The van der Waals surface area contributed by atoms with Crippen LogP contribution >= 0.6 is 0 Å². The molecule has 3 aromatic carbocycles. The first-order chi connectivity index (χ1) is 16.4. The Kier molecular flexibility index (Phi) is 8.20. The summed E-state index contributed by atoms with van der Waals surface area (Å²) in [5, 5.41) is 12.1. The molecule has 0 unspecified atom stereocenters. The van der Waals surface area contributed by atoms with Crippen molar-refractivity contribution in [1.29, 1.82) is 5.26 Å². The smallest absolute Gasteiger partial charge is 0.266 e. The summed E-state index contributed by atoms with van der Waals surface area (Å²) in [6.45, 7) is 6.20. The van der Waals surface area contributed by atoms with E-state index in [1.807, 2.05) is 43.3 Å². The Balaban J connectivity index is 1.88. The van der Waals surface area contributed by atoms with Gasteiger partial charge in [0.25, 0.3) is 5.91 Å². The van der Waals surface area contributed by atoms with Crippen LogP contribution in [0.15, 0.2) is 78.9 Å². The highest BCUT2D eigenvalue weighted by Gasteiger charge is 2.15. The number of nitrogens with zero attached hydrogens (tertiary/aromatic N) is 1. The van der Waals surface area contributed by atoms with E-state index in [2.05, 4.69) is 11.9 Å². The lowest BCUT2D eigenvalue weighted by Crippen LogP contribution is -2.13. The molecule has 0 saturated carbocycles. The van der Waals surface area contributed by atoms with Gasteiger partial charge in [0.1, 0.15) is 24.1 Å². The molecule has 0 saturated heterocycles. The summed E-state index contributed by atoms with van der Waals surface area (Å²) in [5.74, 6) is 0.0435. The second kappa shape index (κ2) is 11.5. The van der Waals surface area contributed by atoms with Crippen LogP contribution in [0.25, 0.3) is 6.08 Å². The Labute approximate surface area is 198 Å². The third-order valence-corrected chi connectivity index (χ3v) is 5.02. The fourth-order valence-corrected chi connectivity index (χ4v) is 3.28. The van der Waals surface area contributed by atoms with Gasteiger partial charge in [0.15, 0.2) is 11.5 Å². The van der Waals surface area contributed by atoms with Gasteiger partial charge in [0, 0.05) is 11.3 Å². The van der Waals surface area contributed by atoms with E-state index in [1.165, 1.54) is 43.0 Å². The maximum atomic E-state index is 13.1. The number of ether oxygens (including phenoxy) is 2. The Morgan fingerprint density at radius 1 is 1.15 bits per heavy atom. The van der Waals surface area contributed by atoms with E-state index in [1.54, 1.807) is 12.1 Å². The van der Waals surface area contributed by atoms with E-state index < -0.39 is 11.7 Å². The molecular weight excluding hydrogens is 431 g/mol. The number of halogens is 1. The minimum atomic E-state index is -0.599. The molecule has 172 valence electrons. The molecule has 0 fully saturated rings. The molecule has 0 heterocycles. The number of hydrogen-bond acceptors (Lipinski definition) is 4. The van der Waals surface area contributed by atoms with Crippen molar-refractivity contribution in [3.63, 3.8) is 0 Å². The van der Waals surface area contributed by atoms with Crippen LogP contribution in [0.1, 0.15) is 22.3 Å². The quantitative estimate of drug-likeness (QED) is 0.244. The number of nitrogens with one attached hydrogen (secondary N) is 1. The van der Waals surface area contributed by atoms with Crippen LogP contribution in [-0.4, -0.2) is 13.0 Å².